The molecular weight excluding hydrogens is 673 g/mol. The second-order valence-corrected chi connectivity index (χ2v) is 21.5. The number of hydrogen-bond donors (Lipinski definition) is 1. The van der Waals surface area contributed by atoms with Crippen LogP contribution in [0.15, 0.2) is 12.2 Å². The summed E-state index contributed by atoms with van der Waals surface area (Å²) >= 11 is 0. The van der Waals surface area contributed by atoms with Crippen molar-refractivity contribution in [1.29, 1.82) is 0 Å². The third-order valence-corrected chi connectivity index (χ3v) is 18.1. The van der Waals surface area contributed by atoms with Crippen LogP contribution in [0.4, 0.5) is 0 Å². The molecule has 1 heterocycles. The second-order valence-electron chi connectivity index (χ2n) is 21.5. The second kappa shape index (κ2) is 15.5. The molecule has 0 bridgehead atoms. The maximum Gasteiger partial charge on any atom is 0.309 e. The lowest BCUT2D eigenvalue weighted by Crippen LogP contribution is -2.67. The van der Waals surface area contributed by atoms with Gasteiger partial charge in [0.2, 0.25) is 5.91 Å². The highest BCUT2D eigenvalue weighted by molar-refractivity contribution is 5.81. The standard InChI is InChI=1S/C42H67NO5.C5H13N/c1-26(2)28-15-20-42(24-33(44)43-23-11-12-27(43)3)22-21-40(9)29(35(28)42)13-14-31-39(8)18-17-32(48-34(45)25-37(4,5)36(46)47)38(6,7)30(39)16-19-41(31,40)10;1-4-6(3)5-2/h27-32,35H,1,11-25H2,2-10H3,(H,46,47);4-5H2,1-3H3/t27-,28+,29-,30+,31-,32?,35-,39?,40-,41-,42-;/m1./s1. The average molecular weight is 753 g/mol. The van der Waals surface area contributed by atoms with Gasteiger partial charge < -0.3 is 19.6 Å². The number of carboxylic acid groups (broad SMARTS) is 1. The molecule has 7 heteroatoms. The lowest BCUT2D eigenvalue weighted by Gasteiger charge is -2.73. The molecule has 11 atom stereocenters. The van der Waals surface area contributed by atoms with Crippen LogP contribution in [0.3, 0.4) is 0 Å². The summed E-state index contributed by atoms with van der Waals surface area (Å²) in [7, 11) is 2.11. The number of nitrogens with zero attached hydrogens (tertiary/aromatic N) is 2. The molecule has 5 aliphatic carbocycles. The van der Waals surface area contributed by atoms with E-state index in [1.807, 2.05) is 0 Å². The van der Waals surface area contributed by atoms with Crippen LogP contribution >= 0.6 is 0 Å². The van der Waals surface area contributed by atoms with Crippen LogP contribution in [-0.4, -0.2) is 71.6 Å². The smallest absolute Gasteiger partial charge is 0.309 e. The third kappa shape index (κ3) is 7.25. The van der Waals surface area contributed by atoms with Gasteiger partial charge >= 0.3 is 11.9 Å². The van der Waals surface area contributed by atoms with E-state index in [1.54, 1.807) is 13.8 Å². The lowest BCUT2D eigenvalue weighted by atomic mass is 9.32. The van der Waals surface area contributed by atoms with Gasteiger partial charge in [-0.15, -0.1) is 0 Å². The van der Waals surface area contributed by atoms with Crippen molar-refractivity contribution in [3.63, 3.8) is 0 Å². The largest absolute Gasteiger partial charge is 0.481 e. The highest BCUT2D eigenvalue weighted by Crippen LogP contribution is 2.78. The average Bonchev–Trinajstić information content (AvgIpc) is 3.70. The van der Waals surface area contributed by atoms with Crippen LogP contribution in [0.5, 0.6) is 0 Å². The fourth-order valence-corrected chi connectivity index (χ4v) is 14.3. The molecule has 0 aromatic rings. The summed E-state index contributed by atoms with van der Waals surface area (Å²) in [6.07, 6.45) is 14.2. The first-order chi connectivity index (χ1) is 25.0. The molecule has 6 fully saturated rings. The summed E-state index contributed by atoms with van der Waals surface area (Å²) in [6.45, 7) is 32.4. The molecule has 0 spiro atoms. The zero-order valence-electron chi connectivity index (χ0n) is 36.7. The summed E-state index contributed by atoms with van der Waals surface area (Å²) in [5.41, 5.74) is 0.720. The van der Waals surface area contributed by atoms with Crippen LogP contribution in [0.1, 0.15) is 166 Å². The first-order valence-electron chi connectivity index (χ1n) is 22.1. The van der Waals surface area contributed by atoms with E-state index >= 15 is 0 Å². The van der Waals surface area contributed by atoms with Crippen molar-refractivity contribution >= 4 is 17.8 Å². The van der Waals surface area contributed by atoms with E-state index in [0.29, 0.717) is 41.5 Å². The summed E-state index contributed by atoms with van der Waals surface area (Å²) in [4.78, 5) is 43.2. The van der Waals surface area contributed by atoms with Crippen LogP contribution in [0.2, 0.25) is 0 Å². The summed E-state index contributed by atoms with van der Waals surface area (Å²) in [5.74, 6) is 1.78. The molecule has 0 aromatic heterocycles. The Balaban J connectivity index is 0.000000864. The Morgan fingerprint density at radius 1 is 0.870 bits per heavy atom. The van der Waals surface area contributed by atoms with E-state index in [2.05, 4.69) is 85.7 Å². The predicted molar refractivity (Wildman–Crippen MR) is 219 cm³/mol. The molecule has 6 rings (SSSR count). The number of hydrogen-bond acceptors (Lipinski definition) is 5. The van der Waals surface area contributed by atoms with Crippen LogP contribution < -0.4 is 0 Å². The summed E-state index contributed by atoms with van der Waals surface area (Å²) < 4.78 is 6.18. The van der Waals surface area contributed by atoms with Gasteiger partial charge in [-0.05, 0) is 176 Å². The van der Waals surface area contributed by atoms with E-state index in [9.17, 15) is 19.5 Å². The molecule has 1 N–H and O–H groups in total. The monoisotopic (exact) mass is 753 g/mol. The number of fused-ring (bicyclic) bond motifs is 7. The van der Waals surface area contributed by atoms with Gasteiger partial charge in [0, 0.05) is 24.4 Å². The summed E-state index contributed by atoms with van der Waals surface area (Å²) in [6, 6.07) is 0.379. The van der Waals surface area contributed by atoms with Gasteiger partial charge in [0.1, 0.15) is 6.10 Å². The van der Waals surface area contributed by atoms with E-state index in [4.69, 9.17) is 4.74 Å². The van der Waals surface area contributed by atoms with Crippen LogP contribution in [0.25, 0.3) is 0 Å². The van der Waals surface area contributed by atoms with Crippen LogP contribution in [-0.2, 0) is 19.1 Å². The van der Waals surface area contributed by atoms with Gasteiger partial charge in [0.05, 0.1) is 11.8 Å². The van der Waals surface area contributed by atoms with Gasteiger partial charge in [-0.1, -0.05) is 60.6 Å². The highest BCUT2D eigenvalue weighted by atomic mass is 16.5. The Morgan fingerprint density at radius 2 is 1.54 bits per heavy atom. The zero-order valence-corrected chi connectivity index (χ0v) is 36.7. The minimum Gasteiger partial charge on any atom is -0.481 e. The quantitative estimate of drug-likeness (QED) is 0.186. The molecule has 54 heavy (non-hydrogen) atoms. The number of esters is 1. The number of likely N-dealkylation sites (tertiary alicyclic amines) is 1. The molecule has 1 saturated heterocycles. The van der Waals surface area contributed by atoms with E-state index < -0.39 is 11.4 Å². The van der Waals surface area contributed by atoms with Gasteiger partial charge in [-0.2, -0.15) is 0 Å². The maximum atomic E-state index is 14.0. The van der Waals surface area contributed by atoms with E-state index in [-0.39, 0.29) is 45.6 Å². The fraction of sp³-hybridized carbons (Fsp3) is 0.894. The Bertz CT molecular complexity index is 1420. The minimum atomic E-state index is -1.13. The van der Waals surface area contributed by atoms with Gasteiger partial charge in [-0.25, -0.2) is 0 Å². The Kier molecular flexibility index (Phi) is 12.4. The number of carboxylic acids is 1. The number of carbonyl (C=O) groups excluding carboxylic acids is 2. The first kappa shape index (κ1) is 43.2. The van der Waals surface area contributed by atoms with E-state index in [1.165, 1.54) is 50.5 Å². The van der Waals surface area contributed by atoms with Crippen molar-refractivity contribution in [2.45, 2.75) is 178 Å². The fourth-order valence-electron chi connectivity index (χ4n) is 14.3. The molecule has 6 aliphatic rings. The van der Waals surface area contributed by atoms with Gasteiger partial charge in [-0.3, -0.25) is 14.4 Å². The number of carbonyl (C=O) groups is 3. The molecule has 1 amide bonds. The van der Waals surface area contributed by atoms with Crippen molar-refractivity contribution in [2.24, 2.45) is 62.1 Å². The molecule has 2 unspecified atom stereocenters. The lowest BCUT2D eigenvalue weighted by molar-refractivity contribution is -0.250. The van der Waals surface area contributed by atoms with E-state index in [0.717, 1.165) is 58.2 Å². The van der Waals surface area contributed by atoms with Crippen molar-refractivity contribution in [3.8, 4) is 0 Å². The molecule has 5 saturated carbocycles. The molecule has 0 radical (unpaired) electrons. The molecular formula is C47H80N2O5. The molecule has 1 aliphatic heterocycles. The first-order valence-corrected chi connectivity index (χ1v) is 22.1. The minimum absolute atomic E-state index is 0.103. The van der Waals surface area contributed by atoms with Crippen molar-refractivity contribution in [1.82, 2.24) is 9.80 Å². The van der Waals surface area contributed by atoms with Gasteiger partial charge in [0.25, 0.3) is 0 Å². The number of aliphatic carboxylic acids is 1. The molecule has 308 valence electrons. The van der Waals surface area contributed by atoms with Crippen LogP contribution in [0, 0.1) is 62.1 Å². The Hall–Kier alpha value is -1.89. The third-order valence-electron chi connectivity index (χ3n) is 18.1. The predicted octanol–water partition coefficient (Wildman–Crippen LogP) is 10.4. The van der Waals surface area contributed by atoms with Gasteiger partial charge in [0.15, 0.2) is 0 Å². The van der Waals surface area contributed by atoms with Crippen molar-refractivity contribution in [3.05, 3.63) is 12.2 Å². The zero-order chi connectivity index (χ0) is 40.2. The van der Waals surface area contributed by atoms with Crippen molar-refractivity contribution < 1.29 is 24.2 Å². The normalized spacial score (nSPS) is 41.1. The maximum absolute atomic E-state index is 14.0. The molecule has 0 aromatic carbocycles. The SMILES string of the molecule is C=C(C)[C@@H]1CC[C@]2(CC(=O)N3CCC[C@H]3C)CC[C@]3(C)[C@H](CC[C@@H]4C5(C)CCC(OC(=O)CC(C)(C)C(=O)O)C(C)(C)[C@@H]5CC[C@]43C)[C@@H]12.CCN(C)CC. The number of ether oxygens (including phenoxy) is 1. The summed E-state index contributed by atoms with van der Waals surface area (Å²) in [5, 5.41) is 9.59. The number of amides is 1. The topological polar surface area (TPSA) is 87.1 Å². The Morgan fingerprint density at radius 3 is 2.09 bits per heavy atom. The highest BCUT2D eigenvalue weighted by Gasteiger charge is 2.71. The molecule has 7 nitrogen and oxygen atoms in total. The van der Waals surface area contributed by atoms with Crippen molar-refractivity contribution in [2.75, 3.05) is 26.7 Å². The number of rotatable bonds is 9. The Labute approximate surface area is 330 Å². The number of allylic oxidation sites excluding steroid dienone is 1.